The summed E-state index contributed by atoms with van der Waals surface area (Å²) < 4.78 is 32.6. The van der Waals surface area contributed by atoms with Gasteiger partial charge in [0, 0.05) is 5.56 Å². The van der Waals surface area contributed by atoms with Gasteiger partial charge in [-0.15, -0.1) is 0 Å². The molecule has 1 aliphatic heterocycles. The van der Waals surface area contributed by atoms with Crippen molar-refractivity contribution in [2.75, 3.05) is 12.9 Å². The average Bonchev–Trinajstić information content (AvgIpc) is 2.53. The van der Waals surface area contributed by atoms with E-state index in [1.54, 1.807) is 18.2 Å². The third-order valence-electron chi connectivity index (χ3n) is 3.49. The van der Waals surface area contributed by atoms with Crippen LogP contribution in [0.15, 0.2) is 30.3 Å². The van der Waals surface area contributed by atoms with Gasteiger partial charge in [-0.1, -0.05) is 18.2 Å². The van der Waals surface area contributed by atoms with Gasteiger partial charge in [0.2, 0.25) is 0 Å². The summed E-state index contributed by atoms with van der Waals surface area (Å²) in [5.74, 6) is -0.611. The second-order valence-corrected chi connectivity index (χ2v) is 6.97. The minimum atomic E-state index is -4.00. The first-order chi connectivity index (χ1) is 11.2. The van der Waals surface area contributed by atoms with Crippen molar-refractivity contribution in [1.82, 2.24) is 5.32 Å². The van der Waals surface area contributed by atoms with Gasteiger partial charge in [0.05, 0.1) is 12.9 Å². The summed E-state index contributed by atoms with van der Waals surface area (Å²) in [6.45, 7) is -0.665. The highest BCUT2D eigenvalue weighted by atomic mass is 32.2. The number of carbonyl (C=O) groups excluding carboxylic acids is 1. The zero-order valence-corrected chi connectivity index (χ0v) is 13.6. The Bertz CT molecular complexity index is 665. The predicted molar refractivity (Wildman–Crippen MR) is 81.4 cm³/mol. The lowest BCUT2D eigenvalue weighted by Gasteiger charge is -2.41. The maximum atomic E-state index is 12.2. The lowest BCUT2D eigenvalue weighted by atomic mass is 9.97. The molecule has 0 spiro atoms. The van der Waals surface area contributed by atoms with Gasteiger partial charge in [0.25, 0.3) is 16.0 Å². The van der Waals surface area contributed by atoms with E-state index < -0.39 is 53.3 Å². The van der Waals surface area contributed by atoms with E-state index in [0.717, 1.165) is 6.26 Å². The number of rotatable bonds is 5. The van der Waals surface area contributed by atoms with Crippen molar-refractivity contribution in [2.45, 2.75) is 30.6 Å². The van der Waals surface area contributed by atoms with Crippen molar-refractivity contribution < 1.29 is 37.5 Å². The zero-order valence-electron chi connectivity index (χ0n) is 12.8. The molecule has 0 aromatic heterocycles. The molecule has 5 atom stereocenters. The molecule has 1 fully saturated rings. The van der Waals surface area contributed by atoms with Crippen LogP contribution in [0.1, 0.15) is 10.4 Å². The molecule has 4 N–H and O–H groups in total. The van der Waals surface area contributed by atoms with Crippen molar-refractivity contribution in [1.29, 1.82) is 0 Å². The molecule has 1 aromatic rings. The van der Waals surface area contributed by atoms with E-state index >= 15 is 0 Å². The third-order valence-corrected chi connectivity index (χ3v) is 4.06. The Hall–Kier alpha value is -1.56. The van der Waals surface area contributed by atoms with Gasteiger partial charge < -0.3 is 25.4 Å². The Morgan fingerprint density at radius 1 is 1.29 bits per heavy atom. The standard InChI is InChI=1S/C14H19NO8S/c1-24(20,21)23-12-10(14(19)22-9(7-16)11(12)17)15-13(18)8-5-3-2-4-6-8/h2-6,9-12,14,16-17,19H,7H2,1H3,(H,15,18)/t9-,10-,11-,12-,14+/m1/s1. The van der Waals surface area contributed by atoms with Crippen LogP contribution in [0.2, 0.25) is 0 Å². The van der Waals surface area contributed by atoms with Crippen LogP contribution in [0.3, 0.4) is 0 Å². The SMILES string of the molecule is CS(=O)(=O)O[C@H]1[C@H](O)[C@@H](CO)O[C@H](O)[C@@H]1NC(=O)c1ccccc1. The normalized spacial score (nSPS) is 30.8. The summed E-state index contributed by atoms with van der Waals surface area (Å²) in [6.07, 6.45) is -5.25. The molecule has 134 valence electrons. The van der Waals surface area contributed by atoms with E-state index in [1.807, 2.05) is 0 Å². The summed E-state index contributed by atoms with van der Waals surface area (Å²) in [5.41, 5.74) is 0.265. The fourth-order valence-corrected chi connectivity index (χ4v) is 3.01. The summed E-state index contributed by atoms with van der Waals surface area (Å²) in [7, 11) is -4.00. The third kappa shape index (κ3) is 4.50. The van der Waals surface area contributed by atoms with Crippen LogP contribution in [0.4, 0.5) is 0 Å². The van der Waals surface area contributed by atoms with Gasteiger partial charge in [-0.3, -0.25) is 8.98 Å². The Balaban J connectivity index is 2.24. The van der Waals surface area contributed by atoms with Gasteiger partial charge in [0.15, 0.2) is 6.29 Å². The summed E-state index contributed by atoms with van der Waals surface area (Å²) in [4.78, 5) is 12.2. The Morgan fingerprint density at radius 3 is 2.46 bits per heavy atom. The van der Waals surface area contributed by atoms with E-state index in [1.165, 1.54) is 12.1 Å². The maximum Gasteiger partial charge on any atom is 0.264 e. The fourth-order valence-electron chi connectivity index (χ4n) is 2.38. The number of benzene rings is 1. The fraction of sp³-hybridized carbons (Fsp3) is 0.500. The Labute approximate surface area is 139 Å². The van der Waals surface area contributed by atoms with Gasteiger partial charge in [-0.25, -0.2) is 0 Å². The highest BCUT2D eigenvalue weighted by Gasteiger charge is 2.47. The maximum absolute atomic E-state index is 12.2. The Morgan fingerprint density at radius 2 is 1.92 bits per heavy atom. The van der Waals surface area contributed by atoms with Crippen molar-refractivity contribution in [3.63, 3.8) is 0 Å². The van der Waals surface area contributed by atoms with Crippen LogP contribution < -0.4 is 5.32 Å². The number of aliphatic hydroxyl groups is 3. The molecule has 10 heteroatoms. The molecular formula is C14H19NO8S. The first kappa shape index (κ1) is 18.8. The minimum Gasteiger partial charge on any atom is -0.394 e. The van der Waals surface area contributed by atoms with Crippen LogP contribution in [-0.2, 0) is 19.0 Å². The molecule has 1 saturated heterocycles. The number of hydrogen-bond donors (Lipinski definition) is 4. The molecule has 24 heavy (non-hydrogen) atoms. The highest BCUT2D eigenvalue weighted by Crippen LogP contribution is 2.24. The van der Waals surface area contributed by atoms with E-state index in [4.69, 9.17) is 14.0 Å². The van der Waals surface area contributed by atoms with Gasteiger partial charge in [-0.05, 0) is 12.1 Å². The number of ether oxygens (including phenoxy) is 1. The average molecular weight is 361 g/mol. The van der Waals surface area contributed by atoms with E-state index in [9.17, 15) is 23.4 Å². The largest absolute Gasteiger partial charge is 0.394 e. The van der Waals surface area contributed by atoms with Crippen LogP contribution in [0.5, 0.6) is 0 Å². The number of nitrogens with one attached hydrogen (secondary N) is 1. The second-order valence-electron chi connectivity index (χ2n) is 5.37. The van der Waals surface area contributed by atoms with Crippen LogP contribution in [-0.4, -0.2) is 73.2 Å². The summed E-state index contributed by atoms with van der Waals surface area (Å²) in [6, 6.07) is 6.65. The number of aliphatic hydroxyl groups excluding tert-OH is 3. The quantitative estimate of drug-likeness (QED) is 0.450. The predicted octanol–water partition coefficient (Wildman–Crippen LogP) is -1.80. The molecule has 0 saturated carbocycles. The zero-order chi connectivity index (χ0) is 17.9. The Kier molecular flexibility index (Phi) is 5.91. The lowest BCUT2D eigenvalue weighted by molar-refractivity contribution is -0.247. The molecule has 0 unspecified atom stereocenters. The second kappa shape index (κ2) is 7.55. The van der Waals surface area contributed by atoms with Crippen LogP contribution in [0, 0.1) is 0 Å². The van der Waals surface area contributed by atoms with Crippen LogP contribution in [0.25, 0.3) is 0 Å². The number of amides is 1. The molecule has 0 radical (unpaired) electrons. The minimum absolute atomic E-state index is 0.265. The highest BCUT2D eigenvalue weighted by molar-refractivity contribution is 7.86. The topological polar surface area (TPSA) is 142 Å². The summed E-state index contributed by atoms with van der Waals surface area (Å²) >= 11 is 0. The van der Waals surface area contributed by atoms with E-state index in [2.05, 4.69) is 5.32 Å². The smallest absolute Gasteiger partial charge is 0.264 e. The molecule has 1 aromatic carbocycles. The number of hydrogen-bond acceptors (Lipinski definition) is 8. The first-order valence-corrected chi connectivity index (χ1v) is 8.91. The van der Waals surface area contributed by atoms with Crippen LogP contribution >= 0.6 is 0 Å². The monoisotopic (exact) mass is 361 g/mol. The molecule has 0 aliphatic carbocycles. The molecule has 1 amide bonds. The van der Waals surface area contributed by atoms with Crippen molar-refractivity contribution in [3.05, 3.63) is 35.9 Å². The lowest BCUT2D eigenvalue weighted by Crippen LogP contribution is -2.65. The molecule has 0 bridgehead atoms. The van der Waals surface area contributed by atoms with Crippen molar-refractivity contribution in [2.24, 2.45) is 0 Å². The van der Waals surface area contributed by atoms with Gasteiger partial charge >= 0.3 is 0 Å². The van der Waals surface area contributed by atoms with Gasteiger partial charge in [-0.2, -0.15) is 8.42 Å². The number of carbonyl (C=O) groups is 1. The molecule has 9 nitrogen and oxygen atoms in total. The first-order valence-electron chi connectivity index (χ1n) is 7.09. The van der Waals surface area contributed by atoms with E-state index in [0.29, 0.717) is 0 Å². The van der Waals surface area contributed by atoms with Crippen molar-refractivity contribution in [3.8, 4) is 0 Å². The van der Waals surface area contributed by atoms with Gasteiger partial charge in [0.1, 0.15) is 24.4 Å². The molecule has 2 rings (SSSR count). The van der Waals surface area contributed by atoms with Crippen molar-refractivity contribution >= 4 is 16.0 Å². The molecule has 1 aliphatic rings. The van der Waals surface area contributed by atoms with E-state index in [-0.39, 0.29) is 5.56 Å². The molecule has 1 heterocycles. The molecular weight excluding hydrogens is 342 g/mol. The summed E-state index contributed by atoms with van der Waals surface area (Å²) in [5, 5.41) is 31.7.